The maximum atomic E-state index is 12.2. The molecule has 104 valence electrons. The van der Waals surface area contributed by atoms with Crippen molar-refractivity contribution in [2.24, 2.45) is 11.8 Å². The number of rotatable bonds is 5. The fourth-order valence-corrected chi connectivity index (χ4v) is 4.95. The minimum atomic E-state index is -3.43. The highest BCUT2D eigenvalue weighted by atomic mass is 32.2. The summed E-state index contributed by atoms with van der Waals surface area (Å²) in [6.45, 7) is 4.27. The summed E-state index contributed by atoms with van der Waals surface area (Å²) in [5.41, 5.74) is 0. The quantitative estimate of drug-likeness (QED) is 0.721. The second-order valence-corrected chi connectivity index (χ2v) is 7.13. The Morgan fingerprint density at radius 2 is 2.17 bits per heavy atom. The van der Waals surface area contributed by atoms with E-state index in [1.807, 2.05) is 6.92 Å². The average Bonchev–Trinajstić information content (AvgIpc) is 2.85. The van der Waals surface area contributed by atoms with Crippen molar-refractivity contribution in [1.82, 2.24) is 9.62 Å². The number of nitrogens with one attached hydrogen (secondary N) is 1. The summed E-state index contributed by atoms with van der Waals surface area (Å²) in [4.78, 5) is 10.5. The molecule has 18 heavy (non-hydrogen) atoms. The molecule has 3 unspecified atom stereocenters. The van der Waals surface area contributed by atoms with Crippen LogP contribution in [0.2, 0.25) is 0 Å². The predicted molar refractivity (Wildman–Crippen MR) is 66.7 cm³/mol. The van der Waals surface area contributed by atoms with Crippen LogP contribution in [0, 0.1) is 11.8 Å². The van der Waals surface area contributed by atoms with Gasteiger partial charge >= 0.3 is 5.97 Å². The number of hydrogen-bond donors (Lipinski definition) is 2. The van der Waals surface area contributed by atoms with Gasteiger partial charge in [0.1, 0.15) is 0 Å². The number of carboxylic acid groups (broad SMARTS) is 1. The Morgan fingerprint density at radius 1 is 1.44 bits per heavy atom. The van der Waals surface area contributed by atoms with Crippen molar-refractivity contribution in [2.75, 3.05) is 25.4 Å². The summed E-state index contributed by atoms with van der Waals surface area (Å²) in [7, 11) is -3.43. The van der Waals surface area contributed by atoms with E-state index in [-0.39, 0.29) is 18.2 Å². The second kappa shape index (κ2) is 5.14. The van der Waals surface area contributed by atoms with Gasteiger partial charge in [-0.2, -0.15) is 4.31 Å². The van der Waals surface area contributed by atoms with Crippen LogP contribution in [0.4, 0.5) is 0 Å². The van der Waals surface area contributed by atoms with E-state index in [2.05, 4.69) is 5.32 Å². The SMILES string of the molecule is CCC1C2CNCC2CN1S(=O)(=O)CCC(=O)O. The van der Waals surface area contributed by atoms with Crippen LogP contribution in [0.5, 0.6) is 0 Å². The van der Waals surface area contributed by atoms with Gasteiger partial charge in [-0.3, -0.25) is 4.79 Å². The largest absolute Gasteiger partial charge is 0.481 e. The Morgan fingerprint density at radius 3 is 2.78 bits per heavy atom. The predicted octanol–water partition coefficient (Wildman–Crippen LogP) is -0.279. The topological polar surface area (TPSA) is 86.7 Å². The standard InChI is InChI=1S/C11H20N2O4S/c1-2-10-9-6-12-5-8(9)7-13(10)18(16,17)4-3-11(14)15/h8-10,12H,2-7H2,1H3,(H,14,15). The van der Waals surface area contributed by atoms with Gasteiger partial charge in [0.05, 0.1) is 12.2 Å². The van der Waals surface area contributed by atoms with E-state index in [0.717, 1.165) is 19.5 Å². The molecule has 2 aliphatic rings. The van der Waals surface area contributed by atoms with Crippen molar-refractivity contribution >= 4 is 16.0 Å². The molecule has 0 aliphatic carbocycles. The zero-order valence-corrected chi connectivity index (χ0v) is 11.3. The zero-order chi connectivity index (χ0) is 13.3. The van der Waals surface area contributed by atoms with Crippen LogP contribution < -0.4 is 5.32 Å². The highest BCUT2D eigenvalue weighted by Crippen LogP contribution is 2.36. The average molecular weight is 276 g/mol. The Balaban J connectivity index is 2.10. The van der Waals surface area contributed by atoms with E-state index >= 15 is 0 Å². The first-order chi connectivity index (χ1) is 8.45. The monoisotopic (exact) mass is 276 g/mol. The van der Waals surface area contributed by atoms with Gasteiger partial charge in [-0.1, -0.05) is 6.92 Å². The normalized spacial score (nSPS) is 32.6. The molecule has 0 bridgehead atoms. The van der Waals surface area contributed by atoms with Gasteiger partial charge in [-0.05, 0) is 31.3 Å². The van der Waals surface area contributed by atoms with Crippen LogP contribution in [0.3, 0.4) is 0 Å². The smallest absolute Gasteiger partial charge is 0.304 e. The number of aliphatic carboxylic acids is 1. The van der Waals surface area contributed by atoms with Gasteiger partial charge in [0.25, 0.3) is 0 Å². The molecule has 0 amide bonds. The van der Waals surface area contributed by atoms with Crippen LogP contribution in [-0.2, 0) is 14.8 Å². The van der Waals surface area contributed by atoms with E-state index in [4.69, 9.17) is 5.11 Å². The summed E-state index contributed by atoms with van der Waals surface area (Å²) >= 11 is 0. The van der Waals surface area contributed by atoms with Gasteiger partial charge in [0, 0.05) is 12.6 Å². The number of hydrogen-bond acceptors (Lipinski definition) is 4. The molecule has 2 N–H and O–H groups in total. The third kappa shape index (κ3) is 2.53. The molecule has 0 radical (unpaired) electrons. The lowest BCUT2D eigenvalue weighted by Crippen LogP contribution is -2.41. The number of sulfonamides is 1. The Bertz CT molecular complexity index is 423. The minimum Gasteiger partial charge on any atom is -0.481 e. The summed E-state index contributed by atoms with van der Waals surface area (Å²) in [5, 5.41) is 11.9. The molecule has 6 nitrogen and oxygen atoms in total. The van der Waals surface area contributed by atoms with E-state index in [9.17, 15) is 13.2 Å². The van der Waals surface area contributed by atoms with Crippen molar-refractivity contribution in [1.29, 1.82) is 0 Å². The van der Waals surface area contributed by atoms with E-state index in [1.54, 1.807) is 4.31 Å². The minimum absolute atomic E-state index is 0.0313. The molecule has 2 fully saturated rings. The Labute approximate surface area is 107 Å². The van der Waals surface area contributed by atoms with Crippen LogP contribution >= 0.6 is 0 Å². The van der Waals surface area contributed by atoms with Crippen molar-refractivity contribution in [2.45, 2.75) is 25.8 Å². The summed E-state index contributed by atoms with van der Waals surface area (Å²) in [6.07, 6.45) is 0.470. The Kier molecular flexibility index (Phi) is 3.93. The van der Waals surface area contributed by atoms with E-state index < -0.39 is 16.0 Å². The molecular formula is C11H20N2O4S. The van der Waals surface area contributed by atoms with Crippen LogP contribution in [0.1, 0.15) is 19.8 Å². The first kappa shape index (κ1) is 13.8. The first-order valence-electron chi connectivity index (χ1n) is 6.37. The first-order valence-corrected chi connectivity index (χ1v) is 7.98. The molecule has 2 heterocycles. The van der Waals surface area contributed by atoms with Crippen LogP contribution in [0.25, 0.3) is 0 Å². The van der Waals surface area contributed by atoms with Crippen molar-refractivity contribution in [3.05, 3.63) is 0 Å². The molecule has 2 rings (SSSR count). The van der Waals surface area contributed by atoms with Gasteiger partial charge in [0.2, 0.25) is 10.0 Å². The highest BCUT2D eigenvalue weighted by Gasteiger charge is 2.47. The molecule has 2 aliphatic heterocycles. The number of carboxylic acids is 1. The lowest BCUT2D eigenvalue weighted by atomic mass is 9.93. The van der Waals surface area contributed by atoms with Gasteiger partial charge in [-0.15, -0.1) is 0 Å². The highest BCUT2D eigenvalue weighted by molar-refractivity contribution is 7.89. The van der Waals surface area contributed by atoms with Gasteiger partial charge < -0.3 is 10.4 Å². The zero-order valence-electron chi connectivity index (χ0n) is 10.5. The van der Waals surface area contributed by atoms with E-state index in [0.29, 0.717) is 18.4 Å². The molecule has 0 aromatic carbocycles. The van der Waals surface area contributed by atoms with Gasteiger partial charge in [0.15, 0.2) is 0 Å². The number of fused-ring (bicyclic) bond motifs is 1. The van der Waals surface area contributed by atoms with Crippen molar-refractivity contribution in [3.63, 3.8) is 0 Å². The Hall–Kier alpha value is -0.660. The maximum Gasteiger partial charge on any atom is 0.304 e. The molecule has 7 heteroatoms. The van der Waals surface area contributed by atoms with Crippen LogP contribution in [0.15, 0.2) is 0 Å². The fourth-order valence-electron chi connectivity index (χ4n) is 3.14. The maximum absolute atomic E-state index is 12.2. The van der Waals surface area contributed by atoms with Crippen molar-refractivity contribution in [3.8, 4) is 0 Å². The summed E-state index contributed by atoms with van der Waals surface area (Å²) in [6, 6.07) is 0.0313. The fraction of sp³-hybridized carbons (Fsp3) is 0.909. The number of carbonyl (C=O) groups is 1. The molecule has 0 aromatic heterocycles. The lowest BCUT2D eigenvalue weighted by Gasteiger charge is -2.25. The third-order valence-corrected chi connectivity index (χ3v) is 5.87. The molecule has 3 atom stereocenters. The molecular weight excluding hydrogens is 256 g/mol. The lowest BCUT2D eigenvalue weighted by molar-refractivity contribution is -0.136. The third-order valence-electron chi connectivity index (χ3n) is 4.02. The van der Waals surface area contributed by atoms with Gasteiger partial charge in [-0.25, -0.2) is 8.42 Å². The summed E-state index contributed by atoms with van der Waals surface area (Å²) in [5.74, 6) is -0.581. The van der Waals surface area contributed by atoms with E-state index in [1.165, 1.54) is 0 Å². The molecule has 0 aromatic rings. The summed E-state index contributed by atoms with van der Waals surface area (Å²) < 4.78 is 25.9. The second-order valence-electron chi connectivity index (χ2n) is 5.09. The number of nitrogens with zero attached hydrogens (tertiary/aromatic N) is 1. The van der Waals surface area contributed by atoms with Crippen LogP contribution in [-0.4, -0.2) is 55.2 Å². The van der Waals surface area contributed by atoms with Crippen molar-refractivity contribution < 1.29 is 18.3 Å². The molecule has 2 saturated heterocycles. The molecule has 0 saturated carbocycles. The molecule has 0 spiro atoms.